The number of aromatic amines is 1. The van der Waals surface area contributed by atoms with Crippen molar-refractivity contribution in [3.05, 3.63) is 54.2 Å². The van der Waals surface area contributed by atoms with Gasteiger partial charge < -0.3 is 9.51 Å². The highest BCUT2D eigenvalue weighted by atomic mass is 16.5. The fourth-order valence-corrected chi connectivity index (χ4v) is 6.76. The van der Waals surface area contributed by atoms with E-state index in [2.05, 4.69) is 47.0 Å². The molecule has 0 atom stereocenters. The Balaban J connectivity index is 1.15. The van der Waals surface area contributed by atoms with Crippen molar-refractivity contribution in [1.29, 1.82) is 0 Å². The summed E-state index contributed by atoms with van der Waals surface area (Å²) in [5.41, 5.74) is 2.91. The predicted molar refractivity (Wildman–Crippen MR) is 104 cm³/mol. The van der Waals surface area contributed by atoms with Crippen LogP contribution < -0.4 is 0 Å². The van der Waals surface area contributed by atoms with E-state index in [1.165, 1.54) is 55.0 Å². The fourth-order valence-electron chi connectivity index (χ4n) is 6.76. The van der Waals surface area contributed by atoms with Crippen LogP contribution in [-0.2, 0) is 12.8 Å². The quantitative estimate of drug-likeness (QED) is 0.688. The molecule has 2 heterocycles. The van der Waals surface area contributed by atoms with E-state index < -0.39 is 0 Å². The number of hydrogen-bond donors (Lipinski definition) is 1. The number of benzene rings is 1. The molecular formula is C23H26N3O. The van der Waals surface area contributed by atoms with E-state index >= 15 is 0 Å². The van der Waals surface area contributed by atoms with Crippen LogP contribution in [0.25, 0.3) is 10.9 Å². The summed E-state index contributed by atoms with van der Waals surface area (Å²) in [4.78, 5) is 8.05. The number of rotatable bonds is 5. The second-order valence-electron chi connectivity index (χ2n) is 9.41. The van der Waals surface area contributed by atoms with Gasteiger partial charge in [-0.05, 0) is 79.7 Å². The topological polar surface area (TPSA) is 54.7 Å². The summed E-state index contributed by atoms with van der Waals surface area (Å²) in [6.07, 6.45) is 14.6. The first-order valence-corrected chi connectivity index (χ1v) is 10.5. The van der Waals surface area contributed by atoms with E-state index in [4.69, 9.17) is 9.51 Å². The molecule has 4 saturated carbocycles. The largest absolute Gasteiger partial charge is 0.361 e. The first kappa shape index (κ1) is 15.9. The lowest BCUT2D eigenvalue weighted by Crippen LogP contribution is -2.47. The zero-order valence-electron chi connectivity index (χ0n) is 15.7. The lowest BCUT2D eigenvalue weighted by Gasteiger charge is -2.56. The molecule has 7 rings (SSSR count). The minimum absolute atomic E-state index is 0.465. The van der Waals surface area contributed by atoms with Gasteiger partial charge in [0, 0.05) is 23.5 Å². The van der Waals surface area contributed by atoms with E-state index in [9.17, 15) is 0 Å². The summed E-state index contributed by atoms with van der Waals surface area (Å²) >= 11 is 0. The van der Waals surface area contributed by atoms with E-state index in [0.717, 1.165) is 36.4 Å². The number of nitrogens with zero attached hydrogens (tertiary/aromatic N) is 2. The molecular weight excluding hydrogens is 334 g/mol. The van der Waals surface area contributed by atoms with Gasteiger partial charge in [0.05, 0.1) is 6.42 Å². The molecule has 1 radical (unpaired) electrons. The van der Waals surface area contributed by atoms with Gasteiger partial charge >= 0.3 is 0 Å². The third-order valence-corrected chi connectivity index (χ3v) is 7.35. The van der Waals surface area contributed by atoms with Crippen molar-refractivity contribution in [3.63, 3.8) is 0 Å². The molecule has 0 saturated heterocycles. The van der Waals surface area contributed by atoms with Gasteiger partial charge in [0.1, 0.15) is 0 Å². The van der Waals surface area contributed by atoms with Gasteiger partial charge in [0.2, 0.25) is 5.89 Å². The predicted octanol–water partition coefficient (Wildman–Crippen LogP) is 5.10. The summed E-state index contributed by atoms with van der Waals surface area (Å²) in [7, 11) is 0. The number of aromatic nitrogens is 3. The Morgan fingerprint density at radius 1 is 1.07 bits per heavy atom. The molecule has 27 heavy (non-hydrogen) atoms. The molecule has 4 fully saturated rings. The van der Waals surface area contributed by atoms with Gasteiger partial charge in [-0.25, -0.2) is 0 Å². The van der Waals surface area contributed by atoms with E-state index in [1.54, 1.807) is 0 Å². The zero-order valence-corrected chi connectivity index (χ0v) is 15.7. The number of para-hydroxylation sites is 1. The average Bonchev–Trinajstić information content (AvgIpc) is 3.25. The highest BCUT2D eigenvalue weighted by Crippen LogP contribution is 2.60. The number of fused-ring (bicyclic) bond motifs is 1. The molecule has 1 aromatic carbocycles. The Hall–Kier alpha value is -2.10. The van der Waals surface area contributed by atoms with Gasteiger partial charge in [0.25, 0.3) is 0 Å². The monoisotopic (exact) mass is 360 g/mol. The van der Waals surface area contributed by atoms with Crippen LogP contribution in [0, 0.1) is 29.6 Å². The molecule has 4 nitrogen and oxygen atoms in total. The second-order valence-corrected chi connectivity index (χ2v) is 9.41. The maximum Gasteiger partial charge on any atom is 0.230 e. The Morgan fingerprint density at radius 2 is 1.81 bits per heavy atom. The molecule has 4 heteroatoms. The van der Waals surface area contributed by atoms with E-state index in [0.29, 0.717) is 11.3 Å². The van der Waals surface area contributed by atoms with Crippen LogP contribution in [0.5, 0.6) is 0 Å². The van der Waals surface area contributed by atoms with Crippen molar-refractivity contribution in [3.8, 4) is 0 Å². The standard InChI is InChI=1S/C23H26N3O/c1-2-4-20-19(3-1)18(14-24-20)5-6-22-25-21(26-27-22)13-23-10-15-7-16(11-23)9-17(8-15)12-23/h1-4,6,14-17,24H,5,7-13H2. The normalized spacial score (nSPS) is 31.8. The lowest BCUT2D eigenvalue weighted by atomic mass is 9.49. The molecule has 0 amide bonds. The van der Waals surface area contributed by atoms with Crippen molar-refractivity contribution < 1.29 is 4.52 Å². The molecule has 2 aromatic heterocycles. The van der Waals surface area contributed by atoms with Gasteiger partial charge in [-0.2, -0.15) is 4.98 Å². The molecule has 139 valence electrons. The first-order valence-electron chi connectivity index (χ1n) is 10.5. The van der Waals surface area contributed by atoms with Gasteiger partial charge in [-0.15, -0.1) is 0 Å². The zero-order chi connectivity index (χ0) is 17.8. The highest BCUT2D eigenvalue weighted by Gasteiger charge is 2.51. The van der Waals surface area contributed by atoms with Crippen molar-refractivity contribution in [2.75, 3.05) is 0 Å². The molecule has 4 aliphatic rings. The summed E-state index contributed by atoms with van der Waals surface area (Å²) in [6, 6.07) is 8.40. The molecule has 4 bridgehead atoms. The maximum absolute atomic E-state index is 5.56. The third kappa shape index (κ3) is 2.81. The summed E-state index contributed by atoms with van der Waals surface area (Å²) < 4.78 is 5.56. The number of nitrogens with one attached hydrogen (secondary N) is 1. The van der Waals surface area contributed by atoms with Gasteiger partial charge in [-0.1, -0.05) is 23.4 Å². The summed E-state index contributed by atoms with van der Waals surface area (Å²) in [6.45, 7) is 0. The van der Waals surface area contributed by atoms with Gasteiger partial charge in [0.15, 0.2) is 5.82 Å². The molecule has 0 aliphatic heterocycles. The minimum atomic E-state index is 0.465. The van der Waals surface area contributed by atoms with Crippen molar-refractivity contribution in [2.45, 2.75) is 51.4 Å². The molecule has 3 aromatic rings. The number of hydrogen-bond acceptors (Lipinski definition) is 3. The molecule has 4 aliphatic carbocycles. The smallest absolute Gasteiger partial charge is 0.230 e. The molecule has 1 N–H and O–H groups in total. The van der Waals surface area contributed by atoms with Crippen molar-refractivity contribution >= 4 is 10.9 Å². The maximum atomic E-state index is 5.56. The molecule has 0 spiro atoms. The summed E-state index contributed by atoms with van der Waals surface area (Å²) in [5, 5.41) is 5.60. The first-order chi connectivity index (χ1) is 13.2. The SMILES string of the molecule is [CH](Cc1c[nH]c2ccccc12)c1nc(CC23CC4CC(CC(C4)C2)C3)no1. The van der Waals surface area contributed by atoms with Crippen LogP contribution in [0.15, 0.2) is 35.0 Å². The second kappa shape index (κ2) is 5.95. The Labute approximate surface area is 159 Å². The number of H-pyrrole nitrogens is 1. The third-order valence-electron chi connectivity index (χ3n) is 7.35. The fraction of sp³-hybridized carbons (Fsp3) is 0.522. The minimum Gasteiger partial charge on any atom is -0.361 e. The van der Waals surface area contributed by atoms with E-state index in [1.807, 2.05) is 0 Å². The van der Waals surface area contributed by atoms with Crippen LogP contribution in [0.3, 0.4) is 0 Å². The van der Waals surface area contributed by atoms with Crippen LogP contribution in [0.4, 0.5) is 0 Å². The highest BCUT2D eigenvalue weighted by molar-refractivity contribution is 5.83. The van der Waals surface area contributed by atoms with E-state index in [-0.39, 0.29) is 0 Å². The average molecular weight is 360 g/mol. The lowest BCUT2D eigenvalue weighted by molar-refractivity contribution is -0.0533. The Morgan fingerprint density at radius 3 is 2.59 bits per heavy atom. The van der Waals surface area contributed by atoms with Crippen LogP contribution >= 0.6 is 0 Å². The van der Waals surface area contributed by atoms with Crippen molar-refractivity contribution in [1.82, 2.24) is 15.1 Å². The Kier molecular flexibility index (Phi) is 3.51. The Bertz CT molecular complexity index is 934. The van der Waals surface area contributed by atoms with Gasteiger partial charge in [-0.3, -0.25) is 0 Å². The van der Waals surface area contributed by atoms with Crippen LogP contribution in [-0.4, -0.2) is 15.1 Å². The molecule has 0 unspecified atom stereocenters. The summed E-state index contributed by atoms with van der Waals surface area (Å²) in [5.74, 6) is 4.49. The van der Waals surface area contributed by atoms with Crippen LogP contribution in [0.1, 0.15) is 55.8 Å². The van der Waals surface area contributed by atoms with Crippen molar-refractivity contribution in [2.24, 2.45) is 23.2 Å². The van der Waals surface area contributed by atoms with Crippen LogP contribution in [0.2, 0.25) is 0 Å².